The second-order valence-electron chi connectivity index (χ2n) is 7.94. The van der Waals surface area contributed by atoms with Crippen LogP contribution in [-0.4, -0.2) is 22.6 Å². The van der Waals surface area contributed by atoms with E-state index < -0.39 is 0 Å². The maximum absolute atomic E-state index is 12.3. The predicted molar refractivity (Wildman–Crippen MR) is 108 cm³/mol. The number of fused-ring (bicyclic) bond motifs is 1. The number of benzene rings is 1. The van der Waals surface area contributed by atoms with Gasteiger partial charge in [0, 0.05) is 54.3 Å². The molecule has 0 bridgehead atoms. The molecular weight excluding hydrogens is 322 g/mol. The van der Waals surface area contributed by atoms with E-state index in [2.05, 4.69) is 42.3 Å². The van der Waals surface area contributed by atoms with Gasteiger partial charge in [-0.25, -0.2) is 0 Å². The monoisotopic (exact) mass is 349 g/mol. The van der Waals surface area contributed by atoms with Gasteiger partial charge in [0.1, 0.15) is 0 Å². The summed E-state index contributed by atoms with van der Waals surface area (Å²) in [5.74, 6) is 1.02. The largest absolute Gasteiger partial charge is 0.354 e. The molecule has 0 atom stereocenters. The molecule has 1 fully saturated rings. The fourth-order valence-corrected chi connectivity index (χ4v) is 4.05. The first-order chi connectivity index (χ1) is 12.4. The third-order valence-electron chi connectivity index (χ3n) is 5.89. The lowest BCUT2D eigenvalue weighted by Gasteiger charge is -2.27. The highest BCUT2D eigenvalue weighted by Crippen LogP contribution is 2.38. The van der Waals surface area contributed by atoms with Gasteiger partial charge in [-0.3, -0.25) is 4.79 Å². The standard InChI is InChI=1S/C22H27N3O/c1-12(2)20-17-8-15(16-9-23-10-16)6-7-19(17)24-21(20)18-11-25(5)22(26)14(4)13(18)3/h6-8,11-12,16,23-24H,9-10H2,1-5H3. The summed E-state index contributed by atoms with van der Waals surface area (Å²) in [4.78, 5) is 15.9. The molecule has 2 N–H and O–H groups in total. The van der Waals surface area contributed by atoms with Crippen LogP contribution in [0.5, 0.6) is 0 Å². The second-order valence-corrected chi connectivity index (χ2v) is 7.94. The van der Waals surface area contributed by atoms with Crippen molar-refractivity contribution in [3.63, 3.8) is 0 Å². The van der Waals surface area contributed by atoms with E-state index in [0.717, 1.165) is 35.5 Å². The molecule has 1 aliphatic rings. The first kappa shape index (κ1) is 17.1. The predicted octanol–water partition coefficient (Wildman–Crippen LogP) is 3.96. The Hall–Kier alpha value is -2.33. The number of nitrogens with zero attached hydrogens (tertiary/aromatic N) is 1. The third-order valence-corrected chi connectivity index (χ3v) is 5.89. The Balaban J connectivity index is 1.98. The Kier molecular flexibility index (Phi) is 4.03. The highest BCUT2D eigenvalue weighted by molar-refractivity contribution is 5.92. The Morgan fingerprint density at radius 1 is 1.15 bits per heavy atom. The van der Waals surface area contributed by atoms with Gasteiger partial charge in [0.05, 0.1) is 5.69 Å². The molecule has 1 aliphatic heterocycles. The van der Waals surface area contributed by atoms with Gasteiger partial charge in [-0.2, -0.15) is 0 Å². The van der Waals surface area contributed by atoms with Crippen LogP contribution in [0.4, 0.5) is 0 Å². The molecule has 1 saturated heterocycles. The van der Waals surface area contributed by atoms with Crippen LogP contribution in [0.15, 0.2) is 29.2 Å². The van der Waals surface area contributed by atoms with Gasteiger partial charge in [-0.15, -0.1) is 0 Å². The number of aromatic nitrogens is 2. The number of H-pyrrole nitrogens is 1. The number of hydrogen-bond donors (Lipinski definition) is 2. The summed E-state index contributed by atoms with van der Waals surface area (Å²) in [6, 6.07) is 6.82. The third kappa shape index (κ3) is 2.52. The molecule has 4 rings (SSSR count). The number of rotatable bonds is 3. The van der Waals surface area contributed by atoms with Crippen LogP contribution in [-0.2, 0) is 7.05 Å². The van der Waals surface area contributed by atoms with E-state index in [1.165, 1.54) is 22.0 Å². The SMILES string of the molecule is Cc1c(-c2[nH]c3ccc(C4CNC4)cc3c2C(C)C)cn(C)c(=O)c1C. The minimum absolute atomic E-state index is 0.0771. The van der Waals surface area contributed by atoms with Gasteiger partial charge in [-0.05, 0) is 48.6 Å². The molecule has 0 spiro atoms. The van der Waals surface area contributed by atoms with Gasteiger partial charge in [-0.1, -0.05) is 19.9 Å². The molecule has 1 aromatic carbocycles. The van der Waals surface area contributed by atoms with Crippen LogP contribution in [0, 0.1) is 13.8 Å². The lowest BCUT2D eigenvalue weighted by atomic mass is 9.90. The van der Waals surface area contributed by atoms with Crippen molar-refractivity contribution in [2.24, 2.45) is 7.05 Å². The van der Waals surface area contributed by atoms with Gasteiger partial charge in [0.15, 0.2) is 0 Å². The topological polar surface area (TPSA) is 49.8 Å². The number of pyridine rings is 1. The van der Waals surface area contributed by atoms with Crippen molar-refractivity contribution in [3.05, 3.63) is 57.0 Å². The minimum Gasteiger partial charge on any atom is -0.354 e. The van der Waals surface area contributed by atoms with Gasteiger partial charge < -0.3 is 14.9 Å². The molecular formula is C22H27N3O. The van der Waals surface area contributed by atoms with Crippen molar-refractivity contribution in [1.82, 2.24) is 14.9 Å². The summed E-state index contributed by atoms with van der Waals surface area (Å²) in [6.07, 6.45) is 1.97. The molecule has 0 radical (unpaired) electrons. The zero-order chi connectivity index (χ0) is 18.6. The molecule has 4 heteroatoms. The molecule has 0 unspecified atom stereocenters. The van der Waals surface area contributed by atoms with Gasteiger partial charge in [0.25, 0.3) is 5.56 Å². The molecule has 0 saturated carbocycles. The first-order valence-corrected chi connectivity index (χ1v) is 9.42. The molecule has 2 aromatic heterocycles. The minimum atomic E-state index is 0.0771. The lowest BCUT2D eigenvalue weighted by Crippen LogP contribution is -2.39. The maximum Gasteiger partial charge on any atom is 0.253 e. The van der Waals surface area contributed by atoms with Crippen molar-refractivity contribution < 1.29 is 0 Å². The Labute approximate surface area is 154 Å². The van der Waals surface area contributed by atoms with Crippen molar-refractivity contribution in [2.45, 2.75) is 39.5 Å². The van der Waals surface area contributed by atoms with Crippen molar-refractivity contribution in [3.8, 4) is 11.3 Å². The highest BCUT2D eigenvalue weighted by Gasteiger charge is 2.23. The lowest BCUT2D eigenvalue weighted by molar-refractivity contribution is 0.449. The van der Waals surface area contributed by atoms with Crippen molar-refractivity contribution in [1.29, 1.82) is 0 Å². The Bertz CT molecular complexity index is 1050. The van der Waals surface area contributed by atoms with Crippen LogP contribution in [0.2, 0.25) is 0 Å². The van der Waals surface area contributed by atoms with Crippen LogP contribution >= 0.6 is 0 Å². The van der Waals surface area contributed by atoms with Gasteiger partial charge >= 0.3 is 0 Å². The van der Waals surface area contributed by atoms with E-state index in [0.29, 0.717) is 11.8 Å². The van der Waals surface area contributed by atoms with E-state index >= 15 is 0 Å². The van der Waals surface area contributed by atoms with Crippen LogP contribution in [0.1, 0.15) is 47.9 Å². The first-order valence-electron chi connectivity index (χ1n) is 9.42. The highest BCUT2D eigenvalue weighted by atomic mass is 16.1. The summed E-state index contributed by atoms with van der Waals surface area (Å²) >= 11 is 0. The normalized spacial score (nSPS) is 15.0. The van der Waals surface area contributed by atoms with E-state index in [1.807, 2.05) is 27.1 Å². The van der Waals surface area contributed by atoms with Crippen LogP contribution < -0.4 is 10.9 Å². The number of aryl methyl sites for hydroxylation is 1. The quantitative estimate of drug-likeness (QED) is 0.752. The molecule has 136 valence electrons. The van der Waals surface area contributed by atoms with E-state index in [-0.39, 0.29) is 5.56 Å². The number of hydrogen-bond acceptors (Lipinski definition) is 2. The average Bonchev–Trinajstić information content (AvgIpc) is 2.93. The fraction of sp³-hybridized carbons (Fsp3) is 0.409. The summed E-state index contributed by atoms with van der Waals surface area (Å²) < 4.78 is 1.69. The van der Waals surface area contributed by atoms with E-state index in [9.17, 15) is 4.79 Å². The summed E-state index contributed by atoms with van der Waals surface area (Å²) in [5.41, 5.74) is 8.15. The van der Waals surface area contributed by atoms with Crippen LogP contribution in [0.3, 0.4) is 0 Å². The average molecular weight is 349 g/mol. The smallest absolute Gasteiger partial charge is 0.253 e. The molecule has 4 nitrogen and oxygen atoms in total. The number of nitrogens with one attached hydrogen (secondary N) is 2. The Morgan fingerprint density at radius 2 is 1.88 bits per heavy atom. The summed E-state index contributed by atoms with van der Waals surface area (Å²) in [5, 5.41) is 4.67. The van der Waals surface area contributed by atoms with Gasteiger partial charge in [0.2, 0.25) is 0 Å². The molecule has 3 heterocycles. The zero-order valence-electron chi connectivity index (χ0n) is 16.2. The van der Waals surface area contributed by atoms with Crippen LogP contribution in [0.25, 0.3) is 22.2 Å². The van der Waals surface area contributed by atoms with Crippen molar-refractivity contribution >= 4 is 10.9 Å². The molecule has 0 aliphatic carbocycles. The van der Waals surface area contributed by atoms with Crippen molar-refractivity contribution in [2.75, 3.05) is 13.1 Å². The molecule has 26 heavy (non-hydrogen) atoms. The fourth-order valence-electron chi connectivity index (χ4n) is 4.05. The van der Waals surface area contributed by atoms with E-state index in [1.54, 1.807) is 4.57 Å². The summed E-state index contributed by atoms with van der Waals surface area (Å²) in [6.45, 7) is 10.6. The van der Waals surface area contributed by atoms with E-state index in [4.69, 9.17) is 0 Å². The maximum atomic E-state index is 12.3. The zero-order valence-corrected chi connectivity index (χ0v) is 16.2. The molecule has 3 aromatic rings. The number of aromatic amines is 1. The second kappa shape index (κ2) is 6.13. The summed E-state index contributed by atoms with van der Waals surface area (Å²) in [7, 11) is 1.83. The Morgan fingerprint density at radius 3 is 2.50 bits per heavy atom. The molecule has 0 amide bonds.